The largest absolute Gasteiger partial charge is 0.393 e. The number of aromatic nitrogens is 1. The number of hydrogen-bond donors (Lipinski definition) is 0. The molecular weight excluding hydrogens is 323 g/mol. The lowest BCUT2D eigenvalue weighted by molar-refractivity contribution is -0.184. The van der Waals surface area contributed by atoms with Crippen LogP contribution in [0.2, 0.25) is 0 Å². The minimum absolute atomic E-state index is 0.0800. The van der Waals surface area contributed by atoms with E-state index in [4.69, 9.17) is 4.74 Å². The first-order valence-corrected chi connectivity index (χ1v) is 8.10. The van der Waals surface area contributed by atoms with Crippen LogP contribution in [0.15, 0.2) is 18.3 Å². The van der Waals surface area contributed by atoms with Gasteiger partial charge in [-0.25, -0.2) is 4.98 Å². The first kappa shape index (κ1) is 17.0. The molecule has 24 heavy (non-hydrogen) atoms. The highest BCUT2D eigenvalue weighted by Crippen LogP contribution is 2.34. The van der Waals surface area contributed by atoms with Gasteiger partial charge in [0, 0.05) is 32.4 Å². The first-order chi connectivity index (χ1) is 11.5. The van der Waals surface area contributed by atoms with Crippen molar-refractivity contribution in [3.63, 3.8) is 0 Å². The number of hydrogen-bond acceptors (Lipinski definition) is 4. The fourth-order valence-electron chi connectivity index (χ4n) is 3.19. The molecular formula is C16H20F3N3O2. The normalized spacial score (nSPS) is 22.5. The molecule has 3 rings (SSSR count). The quantitative estimate of drug-likeness (QED) is 0.827. The molecule has 0 aromatic carbocycles. The van der Waals surface area contributed by atoms with Crippen molar-refractivity contribution in [3.05, 3.63) is 23.9 Å². The Morgan fingerprint density at radius 2 is 2.00 bits per heavy atom. The number of pyridine rings is 1. The first-order valence-electron chi connectivity index (χ1n) is 8.10. The third-order valence-electron chi connectivity index (χ3n) is 4.50. The molecule has 5 nitrogen and oxygen atoms in total. The van der Waals surface area contributed by atoms with Gasteiger partial charge in [-0.15, -0.1) is 0 Å². The maximum atomic E-state index is 13.0. The maximum absolute atomic E-state index is 13.0. The SMILES string of the molecule is O=C(c1cccnc1N1CCOCC1)N1CCC[C@@H](C(F)(F)F)C1. The zero-order chi connectivity index (χ0) is 17.2. The van der Waals surface area contributed by atoms with Crippen LogP contribution < -0.4 is 4.90 Å². The molecule has 132 valence electrons. The summed E-state index contributed by atoms with van der Waals surface area (Å²) in [5.41, 5.74) is 0.363. The monoisotopic (exact) mass is 343 g/mol. The highest BCUT2D eigenvalue weighted by molar-refractivity contribution is 5.99. The van der Waals surface area contributed by atoms with Crippen molar-refractivity contribution >= 4 is 11.7 Å². The van der Waals surface area contributed by atoms with Crippen LogP contribution in [-0.2, 0) is 4.74 Å². The molecule has 8 heteroatoms. The summed E-state index contributed by atoms with van der Waals surface area (Å²) in [4.78, 5) is 20.3. The van der Waals surface area contributed by atoms with E-state index in [1.54, 1.807) is 18.3 Å². The van der Waals surface area contributed by atoms with Gasteiger partial charge in [-0.3, -0.25) is 4.79 Å². The molecule has 2 aliphatic heterocycles. The van der Waals surface area contributed by atoms with Gasteiger partial charge in [-0.1, -0.05) is 0 Å². The predicted molar refractivity (Wildman–Crippen MR) is 82.0 cm³/mol. The van der Waals surface area contributed by atoms with Gasteiger partial charge in [-0.05, 0) is 25.0 Å². The van der Waals surface area contributed by atoms with Gasteiger partial charge in [0.25, 0.3) is 5.91 Å². The van der Waals surface area contributed by atoms with Crippen LogP contribution in [0.1, 0.15) is 23.2 Å². The van der Waals surface area contributed by atoms with Crippen LogP contribution in [0.25, 0.3) is 0 Å². The van der Waals surface area contributed by atoms with Crippen molar-refractivity contribution in [3.8, 4) is 0 Å². The summed E-state index contributed by atoms with van der Waals surface area (Å²) in [5, 5.41) is 0. The zero-order valence-electron chi connectivity index (χ0n) is 13.3. The lowest BCUT2D eigenvalue weighted by Gasteiger charge is -2.35. The lowest BCUT2D eigenvalue weighted by atomic mass is 9.97. The number of likely N-dealkylation sites (tertiary alicyclic amines) is 1. The summed E-state index contributed by atoms with van der Waals surface area (Å²) in [6.45, 7) is 2.39. The number of nitrogens with zero attached hydrogens (tertiary/aromatic N) is 3. The van der Waals surface area contributed by atoms with Gasteiger partial charge in [0.15, 0.2) is 0 Å². The summed E-state index contributed by atoms with van der Waals surface area (Å²) < 4.78 is 44.2. The minimum Gasteiger partial charge on any atom is -0.378 e. The molecule has 0 saturated carbocycles. The number of ether oxygens (including phenoxy) is 1. The second-order valence-electron chi connectivity index (χ2n) is 6.11. The standard InChI is InChI=1S/C16H20F3N3O2/c17-16(18,19)12-3-2-6-22(11-12)15(23)13-4-1-5-20-14(13)21-7-9-24-10-8-21/h1,4-5,12H,2-3,6-11H2/t12-/m1/s1. The van der Waals surface area contributed by atoms with Crippen LogP contribution in [0, 0.1) is 5.92 Å². The van der Waals surface area contributed by atoms with Crippen molar-refractivity contribution in [2.45, 2.75) is 19.0 Å². The summed E-state index contributed by atoms with van der Waals surface area (Å²) in [6.07, 6.45) is -2.23. The van der Waals surface area contributed by atoms with E-state index in [9.17, 15) is 18.0 Å². The third kappa shape index (κ3) is 3.63. The Morgan fingerprint density at radius 3 is 2.71 bits per heavy atom. The minimum atomic E-state index is -4.26. The molecule has 0 bridgehead atoms. The van der Waals surface area contributed by atoms with Gasteiger partial charge >= 0.3 is 6.18 Å². The fourth-order valence-corrected chi connectivity index (χ4v) is 3.19. The Bertz CT molecular complexity index is 588. The lowest BCUT2D eigenvalue weighted by Crippen LogP contribution is -2.45. The molecule has 0 radical (unpaired) electrons. The number of alkyl halides is 3. The van der Waals surface area contributed by atoms with Crippen LogP contribution in [0.4, 0.5) is 19.0 Å². The van der Waals surface area contributed by atoms with E-state index in [0.717, 1.165) is 0 Å². The number of anilines is 1. The van der Waals surface area contributed by atoms with Crippen molar-refractivity contribution in [1.29, 1.82) is 0 Å². The molecule has 2 fully saturated rings. The Hall–Kier alpha value is -1.83. The molecule has 2 saturated heterocycles. The van der Waals surface area contributed by atoms with Gasteiger partial charge in [0.2, 0.25) is 0 Å². The molecule has 1 aromatic heterocycles. The molecule has 1 atom stereocenters. The summed E-state index contributed by atoms with van der Waals surface area (Å²) in [6, 6.07) is 3.28. The Labute approximate surface area is 138 Å². The average molecular weight is 343 g/mol. The molecule has 2 aliphatic rings. The highest BCUT2D eigenvalue weighted by Gasteiger charge is 2.43. The van der Waals surface area contributed by atoms with E-state index >= 15 is 0 Å². The van der Waals surface area contributed by atoms with Gasteiger partial charge in [0.1, 0.15) is 5.82 Å². The smallest absolute Gasteiger partial charge is 0.378 e. The Morgan fingerprint density at radius 1 is 1.25 bits per heavy atom. The summed E-state index contributed by atoms with van der Waals surface area (Å²) in [5.74, 6) is -1.29. The van der Waals surface area contributed by atoms with Crippen LogP contribution in [0.3, 0.4) is 0 Å². The van der Waals surface area contributed by atoms with Crippen molar-refractivity contribution in [2.24, 2.45) is 5.92 Å². The van der Waals surface area contributed by atoms with Crippen molar-refractivity contribution < 1.29 is 22.7 Å². The number of piperidine rings is 1. The average Bonchev–Trinajstić information content (AvgIpc) is 2.61. The van der Waals surface area contributed by atoms with E-state index in [1.807, 2.05) is 4.90 Å². The number of carbonyl (C=O) groups is 1. The topological polar surface area (TPSA) is 45.7 Å². The van der Waals surface area contributed by atoms with E-state index in [0.29, 0.717) is 50.7 Å². The van der Waals surface area contributed by atoms with Gasteiger partial charge in [-0.2, -0.15) is 13.2 Å². The Kier molecular flexibility index (Phi) is 4.93. The van der Waals surface area contributed by atoms with Crippen molar-refractivity contribution in [2.75, 3.05) is 44.3 Å². The molecule has 3 heterocycles. The van der Waals surface area contributed by atoms with Gasteiger partial charge < -0.3 is 14.5 Å². The fraction of sp³-hybridized carbons (Fsp3) is 0.625. The zero-order valence-corrected chi connectivity index (χ0v) is 13.3. The number of carbonyl (C=O) groups excluding carboxylic acids is 1. The summed E-state index contributed by atoms with van der Waals surface area (Å²) >= 11 is 0. The number of morpholine rings is 1. The van der Waals surface area contributed by atoms with Crippen LogP contribution in [-0.4, -0.2) is 61.4 Å². The number of rotatable bonds is 2. The van der Waals surface area contributed by atoms with Crippen molar-refractivity contribution in [1.82, 2.24) is 9.88 Å². The molecule has 1 amide bonds. The summed E-state index contributed by atoms with van der Waals surface area (Å²) in [7, 11) is 0. The number of halogens is 3. The van der Waals surface area contributed by atoms with Gasteiger partial charge in [0.05, 0.1) is 24.7 Å². The molecule has 0 N–H and O–H groups in total. The highest BCUT2D eigenvalue weighted by atomic mass is 19.4. The van der Waals surface area contributed by atoms with E-state index < -0.39 is 12.1 Å². The molecule has 1 aromatic rings. The van der Waals surface area contributed by atoms with E-state index in [1.165, 1.54) is 4.90 Å². The predicted octanol–water partition coefficient (Wildman–Crippen LogP) is 2.33. The van der Waals surface area contributed by atoms with Crippen LogP contribution in [0.5, 0.6) is 0 Å². The molecule has 0 aliphatic carbocycles. The van der Waals surface area contributed by atoms with Crippen LogP contribution >= 0.6 is 0 Å². The molecule has 0 spiro atoms. The molecule has 0 unspecified atom stereocenters. The number of amides is 1. The van der Waals surface area contributed by atoms with E-state index in [2.05, 4.69) is 4.98 Å². The van der Waals surface area contributed by atoms with E-state index in [-0.39, 0.29) is 18.9 Å². The Balaban J connectivity index is 1.79. The maximum Gasteiger partial charge on any atom is 0.393 e. The second-order valence-corrected chi connectivity index (χ2v) is 6.11. The second kappa shape index (κ2) is 6.96. The third-order valence-corrected chi connectivity index (χ3v) is 4.50.